The lowest BCUT2D eigenvalue weighted by Gasteiger charge is -2.10. The molecule has 0 unspecified atom stereocenters. The maximum atomic E-state index is 12.3. The zero-order chi connectivity index (χ0) is 17.6. The van der Waals surface area contributed by atoms with Crippen LogP contribution >= 0.6 is 15.9 Å². The number of carbonyl (C=O) groups excluding carboxylic acids is 1. The lowest BCUT2D eigenvalue weighted by Crippen LogP contribution is -2.23. The number of hydrogen-bond acceptors (Lipinski definition) is 4. The number of benzene rings is 1. The smallest absolute Gasteiger partial charge is 0.270 e. The van der Waals surface area contributed by atoms with Gasteiger partial charge in [-0.25, -0.2) is 0 Å². The van der Waals surface area contributed by atoms with Crippen LogP contribution in [0.25, 0.3) is 0 Å². The number of carbonyl (C=O) groups is 1. The lowest BCUT2D eigenvalue weighted by molar-refractivity contribution is 0.0946. The van der Waals surface area contributed by atoms with Crippen LogP contribution in [0, 0.1) is 6.92 Å². The Bertz CT molecular complexity index is 884. The predicted molar refractivity (Wildman–Crippen MR) is 102 cm³/mol. The molecule has 0 aliphatic rings. The minimum Gasteiger partial charge on any atom is -0.354 e. The molecule has 0 radical (unpaired) electrons. The number of hydrogen-bond donors (Lipinski definition) is 2. The first-order valence-electron chi connectivity index (χ1n) is 7.78. The third-order valence-corrected chi connectivity index (χ3v) is 4.23. The maximum absolute atomic E-state index is 12.3. The Morgan fingerprint density at radius 2 is 2.04 bits per heavy atom. The van der Waals surface area contributed by atoms with Crippen LogP contribution in [0.5, 0.6) is 0 Å². The third-order valence-electron chi connectivity index (χ3n) is 3.57. The minimum absolute atomic E-state index is 0.226. The predicted octanol–water partition coefficient (Wildman–Crippen LogP) is 4.22. The van der Waals surface area contributed by atoms with Crippen molar-refractivity contribution in [2.45, 2.75) is 13.5 Å². The lowest BCUT2D eigenvalue weighted by atomic mass is 10.2. The second-order valence-electron chi connectivity index (χ2n) is 5.58. The van der Waals surface area contributed by atoms with Crippen molar-refractivity contribution in [1.29, 1.82) is 0 Å². The van der Waals surface area contributed by atoms with Crippen molar-refractivity contribution in [2.75, 3.05) is 5.32 Å². The van der Waals surface area contributed by atoms with Crippen LogP contribution in [0.3, 0.4) is 0 Å². The first-order valence-corrected chi connectivity index (χ1v) is 8.57. The number of aryl methyl sites for hydroxylation is 1. The average molecular weight is 397 g/mol. The quantitative estimate of drug-likeness (QED) is 0.677. The molecule has 1 amide bonds. The fourth-order valence-corrected chi connectivity index (χ4v) is 2.88. The molecular formula is C19H17BrN4O. The summed E-state index contributed by atoms with van der Waals surface area (Å²) >= 11 is 3.54. The van der Waals surface area contributed by atoms with Crippen LogP contribution in [0.4, 0.5) is 11.4 Å². The third kappa shape index (κ3) is 4.64. The van der Waals surface area contributed by atoms with Gasteiger partial charge in [-0.1, -0.05) is 12.1 Å². The molecule has 3 rings (SSSR count). The summed E-state index contributed by atoms with van der Waals surface area (Å²) in [7, 11) is 0. The Morgan fingerprint density at radius 1 is 1.16 bits per heavy atom. The maximum Gasteiger partial charge on any atom is 0.270 e. The van der Waals surface area contributed by atoms with Gasteiger partial charge in [0.2, 0.25) is 0 Å². The standard InChI is InChI=1S/C19H17BrN4O/c1-13-4-5-17(16(20)9-13)24-15-6-8-22-18(10-15)19(25)23-12-14-3-2-7-21-11-14/h2-11H,12H2,1H3,(H,22,24)(H,23,25). The zero-order valence-corrected chi connectivity index (χ0v) is 15.2. The van der Waals surface area contributed by atoms with Crippen molar-refractivity contribution in [1.82, 2.24) is 15.3 Å². The van der Waals surface area contributed by atoms with Gasteiger partial charge in [-0.05, 0) is 64.3 Å². The highest BCUT2D eigenvalue weighted by Crippen LogP contribution is 2.26. The van der Waals surface area contributed by atoms with Gasteiger partial charge < -0.3 is 10.6 Å². The molecular weight excluding hydrogens is 380 g/mol. The van der Waals surface area contributed by atoms with Crippen LogP contribution in [0.1, 0.15) is 21.6 Å². The van der Waals surface area contributed by atoms with Crippen molar-refractivity contribution in [3.05, 3.63) is 82.3 Å². The van der Waals surface area contributed by atoms with Gasteiger partial charge in [-0.3, -0.25) is 14.8 Å². The molecule has 2 aromatic heterocycles. The van der Waals surface area contributed by atoms with Gasteiger partial charge in [0.15, 0.2) is 0 Å². The molecule has 0 spiro atoms. The molecule has 1 aromatic carbocycles. The SMILES string of the molecule is Cc1ccc(Nc2ccnc(C(=O)NCc3cccnc3)c2)c(Br)c1. The highest BCUT2D eigenvalue weighted by molar-refractivity contribution is 9.10. The zero-order valence-electron chi connectivity index (χ0n) is 13.7. The van der Waals surface area contributed by atoms with Crippen molar-refractivity contribution in [2.24, 2.45) is 0 Å². The Kier molecular flexibility index (Phi) is 5.40. The first kappa shape index (κ1) is 17.1. The van der Waals surface area contributed by atoms with Gasteiger partial charge in [0.25, 0.3) is 5.91 Å². The number of nitrogens with zero attached hydrogens (tertiary/aromatic N) is 2. The molecule has 0 atom stereocenters. The van der Waals surface area contributed by atoms with E-state index in [1.807, 2.05) is 43.3 Å². The van der Waals surface area contributed by atoms with Crippen LogP contribution in [-0.4, -0.2) is 15.9 Å². The van der Waals surface area contributed by atoms with Gasteiger partial charge in [0.1, 0.15) is 5.69 Å². The normalized spacial score (nSPS) is 10.3. The fourth-order valence-electron chi connectivity index (χ4n) is 2.29. The molecule has 3 aromatic rings. The van der Waals surface area contributed by atoms with E-state index in [0.717, 1.165) is 21.4 Å². The van der Waals surface area contributed by atoms with E-state index in [9.17, 15) is 4.79 Å². The molecule has 0 saturated heterocycles. The summed E-state index contributed by atoms with van der Waals surface area (Å²) in [5.41, 5.74) is 4.19. The van der Waals surface area contributed by atoms with E-state index in [2.05, 4.69) is 36.5 Å². The molecule has 0 aliphatic heterocycles. The van der Waals surface area contributed by atoms with Crippen LogP contribution in [0.2, 0.25) is 0 Å². The Morgan fingerprint density at radius 3 is 2.80 bits per heavy atom. The second-order valence-corrected chi connectivity index (χ2v) is 6.44. The van der Waals surface area contributed by atoms with Crippen LogP contribution in [0.15, 0.2) is 65.5 Å². The Balaban J connectivity index is 1.69. The molecule has 0 aliphatic carbocycles. The van der Waals surface area contributed by atoms with Gasteiger partial charge in [0.05, 0.1) is 5.69 Å². The molecule has 5 nitrogen and oxygen atoms in total. The number of rotatable bonds is 5. The number of anilines is 2. The summed E-state index contributed by atoms with van der Waals surface area (Å²) in [6, 6.07) is 13.3. The van der Waals surface area contributed by atoms with E-state index < -0.39 is 0 Å². The molecule has 0 bridgehead atoms. The average Bonchev–Trinajstić information content (AvgIpc) is 2.63. The van der Waals surface area contributed by atoms with Gasteiger partial charge in [-0.2, -0.15) is 0 Å². The number of nitrogens with one attached hydrogen (secondary N) is 2. The summed E-state index contributed by atoms with van der Waals surface area (Å²) < 4.78 is 0.965. The summed E-state index contributed by atoms with van der Waals surface area (Å²) in [6.07, 6.45) is 5.04. The topological polar surface area (TPSA) is 66.9 Å². The summed E-state index contributed by atoms with van der Waals surface area (Å²) in [5.74, 6) is -0.226. The molecule has 25 heavy (non-hydrogen) atoms. The second kappa shape index (κ2) is 7.90. The number of pyridine rings is 2. The highest BCUT2D eigenvalue weighted by atomic mass is 79.9. The molecule has 2 N–H and O–H groups in total. The molecule has 126 valence electrons. The monoisotopic (exact) mass is 396 g/mol. The summed E-state index contributed by atoms with van der Waals surface area (Å²) in [4.78, 5) is 20.5. The fraction of sp³-hybridized carbons (Fsp3) is 0.105. The number of aromatic nitrogens is 2. The highest BCUT2D eigenvalue weighted by Gasteiger charge is 2.09. The van der Waals surface area contributed by atoms with E-state index in [0.29, 0.717) is 12.2 Å². The van der Waals surface area contributed by atoms with E-state index in [4.69, 9.17) is 0 Å². The van der Waals surface area contributed by atoms with E-state index >= 15 is 0 Å². The van der Waals surface area contributed by atoms with Crippen LogP contribution < -0.4 is 10.6 Å². The minimum atomic E-state index is -0.226. The van der Waals surface area contributed by atoms with E-state index in [1.54, 1.807) is 24.7 Å². The van der Waals surface area contributed by atoms with Crippen molar-refractivity contribution in [3.8, 4) is 0 Å². The Labute approximate surface area is 154 Å². The summed E-state index contributed by atoms with van der Waals surface area (Å²) in [6.45, 7) is 2.45. The number of amides is 1. The van der Waals surface area contributed by atoms with Crippen molar-refractivity contribution < 1.29 is 4.79 Å². The van der Waals surface area contributed by atoms with E-state index in [-0.39, 0.29) is 5.91 Å². The first-order chi connectivity index (χ1) is 12.1. The molecule has 0 fully saturated rings. The van der Waals surface area contributed by atoms with Gasteiger partial charge in [-0.15, -0.1) is 0 Å². The van der Waals surface area contributed by atoms with Gasteiger partial charge >= 0.3 is 0 Å². The van der Waals surface area contributed by atoms with Gasteiger partial charge in [0, 0.05) is 35.3 Å². The molecule has 6 heteroatoms. The van der Waals surface area contributed by atoms with E-state index in [1.165, 1.54) is 5.56 Å². The number of halogens is 1. The van der Waals surface area contributed by atoms with Crippen molar-refractivity contribution in [3.63, 3.8) is 0 Å². The largest absolute Gasteiger partial charge is 0.354 e. The van der Waals surface area contributed by atoms with Crippen molar-refractivity contribution >= 4 is 33.2 Å². The Hall–Kier alpha value is -2.73. The molecule has 2 heterocycles. The van der Waals surface area contributed by atoms with Crippen LogP contribution in [-0.2, 0) is 6.54 Å². The molecule has 0 saturated carbocycles. The summed E-state index contributed by atoms with van der Waals surface area (Å²) in [5, 5.41) is 6.14.